The lowest BCUT2D eigenvalue weighted by Crippen LogP contribution is -2.33. The zero-order valence-electron chi connectivity index (χ0n) is 10.5. The molecule has 18 heavy (non-hydrogen) atoms. The predicted molar refractivity (Wildman–Crippen MR) is 64.0 cm³/mol. The summed E-state index contributed by atoms with van der Waals surface area (Å²) in [5, 5.41) is 3.59. The first kappa shape index (κ1) is 11.7. The monoisotopic (exact) mass is 250 g/mol. The Morgan fingerprint density at radius 2 is 2.39 bits per heavy atom. The molecule has 1 aliphatic carbocycles. The highest BCUT2D eigenvalue weighted by atomic mass is 16.5. The van der Waals surface area contributed by atoms with Crippen LogP contribution in [0.4, 0.5) is 0 Å². The summed E-state index contributed by atoms with van der Waals surface area (Å²) in [5.74, 6) is 1.35. The number of nitrogens with zero attached hydrogens (tertiary/aromatic N) is 2. The van der Waals surface area contributed by atoms with Crippen molar-refractivity contribution >= 4 is 5.91 Å². The maximum absolute atomic E-state index is 12.2. The molecule has 0 spiro atoms. The van der Waals surface area contributed by atoms with Gasteiger partial charge in [0.2, 0.25) is 5.76 Å². The third-order valence-corrected chi connectivity index (χ3v) is 4.27. The Labute approximate surface area is 106 Å². The smallest absolute Gasteiger partial charge is 0.292 e. The van der Waals surface area contributed by atoms with Crippen LogP contribution in [0.25, 0.3) is 0 Å². The number of carbonyl (C=O) groups is 1. The Bertz CT molecular complexity index is 418. The van der Waals surface area contributed by atoms with Crippen molar-refractivity contribution in [3.05, 3.63) is 18.0 Å². The second-order valence-electron chi connectivity index (χ2n) is 5.22. The number of fused-ring (bicyclic) bond motifs is 1. The van der Waals surface area contributed by atoms with E-state index in [9.17, 15) is 4.79 Å². The van der Waals surface area contributed by atoms with Crippen molar-refractivity contribution in [3.8, 4) is 0 Å². The fourth-order valence-electron chi connectivity index (χ4n) is 3.36. The zero-order valence-corrected chi connectivity index (χ0v) is 10.5. The van der Waals surface area contributed by atoms with Gasteiger partial charge in [0.05, 0.1) is 12.3 Å². The molecular weight excluding hydrogens is 232 g/mol. The molecule has 2 heterocycles. The van der Waals surface area contributed by atoms with Gasteiger partial charge in [0, 0.05) is 32.2 Å². The molecule has 2 fully saturated rings. The number of hydrogen-bond donors (Lipinski definition) is 0. The van der Waals surface area contributed by atoms with Crippen LogP contribution < -0.4 is 0 Å². The summed E-state index contributed by atoms with van der Waals surface area (Å²) in [6, 6.07) is 1.62. The molecule has 5 heteroatoms. The van der Waals surface area contributed by atoms with Crippen LogP contribution in [0, 0.1) is 11.8 Å². The van der Waals surface area contributed by atoms with Crippen LogP contribution in [-0.2, 0) is 4.74 Å². The van der Waals surface area contributed by atoms with Crippen molar-refractivity contribution in [3.63, 3.8) is 0 Å². The van der Waals surface area contributed by atoms with E-state index in [2.05, 4.69) is 5.16 Å². The van der Waals surface area contributed by atoms with Gasteiger partial charge in [0.25, 0.3) is 5.91 Å². The predicted octanol–water partition coefficient (Wildman–Crippen LogP) is 1.56. The maximum atomic E-state index is 12.2. The zero-order chi connectivity index (χ0) is 12.5. The second-order valence-corrected chi connectivity index (χ2v) is 5.22. The fourth-order valence-corrected chi connectivity index (χ4v) is 3.36. The van der Waals surface area contributed by atoms with Crippen molar-refractivity contribution in [2.75, 3.05) is 20.2 Å². The second kappa shape index (κ2) is 4.72. The van der Waals surface area contributed by atoms with E-state index in [1.807, 2.05) is 4.90 Å². The highest BCUT2D eigenvalue weighted by molar-refractivity contribution is 5.91. The number of rotatable bonds is 2. The molecule has 1 aliphatic heterocycles. The normalized spacial score (nSPS) is 31.4. The Morgan fingerprint density at radius 1 is 1.50 bits per heavy atom. The number of likely N-dealkylation sites (tertiary alicyclic amines) is 1. The van der Waals surface area contributed by atoms with Gasteiger partial charge in [0.1, 0.15) is 0 Å². The lowest BCUT2D eigenvalue weighted by Gasteiger charge is -2.31. The first-order chi connectivity index (χ1) is 8.79. The molecule has 1 aromatic rings. The van der Waals surface area contributed by atoms with E-state index < -0.39 is 0 Å². The molecule has 0 N–H and O–H groups in total. The third kappa shape index (κ3) is 1.92. The highest BCUT2D eigenvalue weighted by Crippen LogP contribution is 2.38. The van der Waals surface area contributed by atoms with E-state index in [1.54, 1.807) is 13.2 Å². The molecular formula is C13H18N2O3. The minimum atomic E-state index is -0.0447. The Kier molecular flexibility index (Phi) is 3.07. The Morgan fingerprint density at radius 3 is 3.11 bits per heavy atom. The minimum absolute atomic E-state index is 0.0447. The van der Waals surface area contributed by atoms with Crippen LogP contribution in [0.15, 0.2) is 16.8 Å². The van der Waals surface area contributed by atoms with Gasteiger partial charge in [-0.05, 0) is 18.8 Å². The van der Waals surface area contributed by atoms with Gasteiger partial charge in [0.15, 0.2) is 0 Å². The number of aromatic nitrogens is 1. The van der Waals surface area contributed by atoms with E-state index in [0.29, 0.717) is 23.7 Å². The van der Waals surface area contributed by atoms with E-state index in [-0.39, 0.29) is 5.91 Å². The molecule has 3 atom stereocenters. The SMILES string of the molecule is CO[C@H]1CCC[C@@H]2CN(C(=O)c3ccno3)C[C@@H]21. The topological polar surface area (TPSA) is 55.6 Å². The lowest BCUT2D eigenvalue weighted by atomic mass is 9.79. The van der Waals surface area contributed by atoms with Gasteiger partial charge >= 0.3 is 0 Å². The van der Waals surface area contributed by atoms with Crippen LogP contribution in [0.1, 0.15) is 29.8 Å². The number of amides is 1. The van der Waals surface area contributed by atoms with Crippen molar-refractivity contribution in [1.82, 2.24) is 10.1 Å². The van der Waals surface area contributed by atoms with Crippen molar-refractivity contribution in [1.29, 1.82) is 0 Å². The summed E-state index contributed by atoms with van der Waals surface area (Å²) in [5.41, 5.74) is 0. The van der Waals surface area contributed by atoms with E-state index in [4.69, 9.17) is 9.26 Å². The largest absolute Gasteiger partial charge is 0.381 e. The molecule has 1 amide bonds. The van der Waals surface area contributed by atoms with Crippen LogP contribution in [0.5, 0.6) is 0 Å². The summed E-state index contributed by atoms with van der Waals surface area (Å²) >= 11 is 0. The van der Waals surface area contributed by atoms with Crippen LogP contribution in [0.3, 0.4) is 0 Å². The minimum Gasteiger partial charge on any atom is -0.381 e. The average molecular weight is 250 g/mol. The maximum Gasteiger partial charge on any atom is 0.292 e. The molecule has 0 aromatic carbocycles. The molecule has 0 unspecified atom stereocenters. The van der Waals surface area contributed by atoms with Gasteiger partial charge in [-0.25, -0.2) is 0 Å². The van der Waals surface area contributed by atoms with Gasteiger partial charge in [-0.3, -0.25) is 4.79 Å². The van der Waals surface area contributed by atoms with Gasteiger partial charge in [-0.15, -0.1) is 0 Å². The number of carbonyl (C=O) groups excluding carboxylic acids is 1. The van der Waals surface area contributed by atoms with Crippen molar-refractivity contribution in [2.45, 2.75) is 25.4 Å². The standard InChI is InChI=1S/C13H18N2O3/c1-17-11-4-2-3-9-7-15(8-10(9)11)13(16)12-5-6-14-18-12/h5-6,9-11H,2-4,7-8H2,1H3/t9-,10+,11+/m1/s1. The van der Waals surface area contributed by atoms with Crippen molar-refractivity contribution < 1.29 is 14.1 Å². The first-order valence-corrected chi connectivity index (χ1v) is 6.52. The number of methoxy groups -OCH3 is 1. The van der Waals surface area contributed by atoms with Crippen LogP contribution in [0.2, 0.25) is 0 Å². The fraction of sp³-hybridized carbons (Fsp3) is 0.692. The number of ether oxygens (including phenoxy) is 1. The molecule has 0 radical (unpaired) electrons. The summed E-state index contributed by atoms with van der Waals surface area (Å²) in [6.07, 6.45) is 5.32. The Balaban J connectivity index is 1.72. The summed E-state index contributed by atoms with van der Waals surface area (Å²) in [6.45, 7) is 1.60. The van der Waals surface area contributed by atoms with E-state index in [0.717, 1.165) is 19.5 Å². The molecule has 5 nitrogen and oxygen atoms in total. The summed E-state index contributed by atoms with van der Waals surface area (Å²) in [4.78, 5) is 14.1. The molecule has 1 saturated carbocycles. The molecule has 3 rings (SSSR count). The van der Waals surface area contributed by atoms with E-state index in [1.165, 1.54) is 19.0 Å². The van der Waals surface area contributed by atoms with Crippen LogP contribution >= 0.6 is 0 Å². The van der Waals surface area contributed by atoms with Crippen LogP contribution in [-0.4, -0.2) is 42.3 Å². The Hall–Kier alpha value is -1.36. The molecule has 0 bridgehead atoms. The summed E-state index contributed by atoms with van der Waals surface area (Å²) in [7, 11) is 1.77. The quantitative estimate of drug-likeness (QED) is 0.799. The summed E-state index contributed by atoms with van der Waals surface area (Å²) < 4.78 is 10.5. The lowest BCUT2D eigenvalue weighted by molar-refractivity contribution is 0.0126. The number of hydrogen-bond acceptors (Lipinski definition) is 4. The van der Waals surface area contributed by atoms with Gasteiger partial charge in [-0.1, -0.05) is 11.6 Å². The van der Waals surface area contributed by atoms with E-state index >= 15 is 0 Å². The van der Waals surface area contributed by atoms with Gasteiger partial charge in [-0.2, -0.15) is 0 Å². The molecule has 98 valence electrons. The first-order valence-electron chi connectivity index (χ1n) is 6.52. The average Bonchev–Trinajstić information content (AvgIpc) is 3.05. The highest BCUT2D eigenvalue weighted by Gasteiger charge is 2.42. The van der Waals surface area contributed by atoms with Gasteiger partial charge < -0.3 is 14.2 Å². The van der Waals surface area contributed by atoms with Crippen molar-refractivity contribution in [2.24, 2.45) is 11.8 Å². The third-order valence-electron chi connectivity index (χ3n) is 4.27. The molecule has 1 saturated heterocycles. The molecule has 2 aliphatic rings. The molecule has 1 aromatic heterocycles.